The van der Waals surface area contributed by atoms with E-state index in [4.69, 9.17) is 0 Å². The van der Waals surface area contributed by atoms with Crippen LogP contribution in [0.1, 0.15) is 19.4 Å². The van der Waals surface area contributed by atoms with Gasteiger partial charge < -0.3 is 15.4 Å². The Morgan fingerprint density at radius 1 is 1.20 bits per heavy atom. The molecule has 0 aromatic heterocycles. The van der Waals surface area contributed by atoms with Crippen LogP contribution < -0.4 is 10.6 Å². The lowest BCUT2D eigenvalue weighted by molar-refractivity contribution is -0.129. The average molecular weight is 345 g/mol. The van der Waals surface area contributed by atoms with E-state index in [-0.39, 0.29) is 0 Å². The number of benzene rings is 1. The van der Waals surface area contributed by atoms with Gasteiger partial charge in [0.2, 0.25) is 5.91 Å². The first kappa shape index (κ1) is 20.1. The molecule has 0 radical (unpaired) electrons. The predicted molar refractivity (Wildman–Crippen MR) is 94.8 cm³/mol. The standard InChI is InChI=1S/C18H23N3O4/c1-4-20-17(24)13(2)21(18(25)19-3)15(12-22)16(23)11-10-14-8-6-5-7-9-14/h5-13,15H,4H2,1-3H3,(H,19,25)(H,20,24). The van der Waals surface area contributed by atoms with Crippen molar-refractivity contribution in [3.05, 3.63) is 42.0 Å². The van der Waals surface area contributed by atoms with Gasteiger partial charge in [0.1, 0.15) is 6.04 Å². The molecule has 3 amide bonds. The van der Waals surface area contributed by atoms with Gasteiger partial charge in [-0.05, 0) is 25.5 Å². The molecular weight excluding hydrogens is 322 g/mol. The van der Waals surface area contributed by atoms with Gasteiger partial charge in [-0.25, -0.2) is 4.79 Å². The summed E-state index contributed by atoms with van der Waals surface area (Å²) in [6, 6.07) is 6.01. The number of nitrogens with one attached hydrogen (secondary N) is 2. The van der Waals surface area contributed by atoms with Crippen molar-refractivity contribution in [3.8, 4) is 0 Å². The Balaban J connectivity index is 3.05. The van der Waals surface area contributed by atoms with Crippen molar-refractivity contribution >= 4 is 30.1 Å². The quantitative estimate of drug-likeness (QED) is 0.417. The molecule has 7 heteroatoms. The van der Waals surface area contributed by atoms with Crippen molar-refractivity contribution < 1.29 is 19.2 Å². The summed E-state index contributed by atoms with van der Waals surface area (Å²) >= 11 is 0. The van der Waals surface area contributed by atoms with Gasteiger partial charge in [0.05, 0.1) is 0 Å². The van der Waals surface area contributed by atoms with Gasteiger partial charge >= 0.3 is 6.03 Å². The third kappa shape index (κ3) is 5.56. The van der Waals surface area contributed by atoms with Gasteiger partial charge in [0.15, 0.2) is 18.1 Å². The Morgan fingerprint density at radius 3 is 2.36 bits per heavy atom. The number of likely N-dealkylation sites (N-methyl/N-ethyl adjacent to an activating group) is 1. The van der Waals surface area contributed by atoms with Crippen molar-refractivity contribution in [2.75, 3.05) is 13.6 Å². The Labute approximate surface area is 147 Å². The zero-order valence-corrected chi connectivity index (χ0v) is 14.6. The number of hydrogen-bond donors (Lipinski definition) is 2. The summed E-state index contributed by atoms with van der Waals surface area (Å²) in [6.07, 6.45) is 3.15. The molecule has 0 saturated heterocycles. The average Bonchev–Trinajstić information content (AvgIpc) is 2.63. The number of urea groups is 1. The van der Waals surface area contributed by atoms with Crippen LogP contribution in [0.2, 0.25) is 0 Å². The molecule has 0 bridgehead atoms. The second-order valence-electron chi connectivity index (χ2n) is 5.26. The maximum atomic E-state index is 12.4. The Morgan fingerprint density at radius 2 is 1.84 bits per heavy atom. The third-order valence-corrected chi connectivity index (χ3v) is 3.56. The van der Waals surface area contributed by atoms with Gasteiger partial charge in [-0.15, -0.1) is 0 Å². The topological polar surface area (TPSA) is 95.6 Å². The molecule has 7 nitrogen and oxygen atoms in total. The van der Waals surface area contributed by atoms with Crippen molar-refractivity contribution in [1.82, 2.24) is 15.5 Å². The van der Waals surface area contributed by atoms with Crippen LogP contribution in [-0.2, 0) is 14.4 Å². The predicted octanol–water partition coefficient (Wildman–Crippen LogP) is 1.00. The molecule has 0 aliphatic carbocycles. The van der Waals surface area contributed by atoms with E-state index in [1.165, 1.54) is 20.0 Å². The molecular formula is C18H23N3O4. The molecule has 0 saturated carbocycles. The summed E-state index contributed by atoms with van der Waals surface area (Å²) in [7, 11) is 1.37. The SMILES string of the molecule is CCNC(=O)C(C)N(C(=O)NC)C(C=O)C(=O)C=Cc1ccccc1. The van der Waals surface area contributed by atoms with E-state index in [9.17, 15) is 19.2 Å². The molecule has 1 aromatic rings. The van der Waals surface area contributed by atoms with E-state index in [1.54, 1.807) is 25.1 Å². The van der Waals surface area contributed by atoms with E-state index in [0.29, 0.717) is 12.8 Å². The van der Waals surface area contributed by atoms with Crippen molar-refractivity contribution in [3.63, 3.8) is 0 Å². The van der Waals surface area contributed by atoms with Gasteiger partial charge in [0.25, 0.3) is 0 Å². The molecule has 0 aliphatic heterocycles. The lowest BCUT2D eigenvalue weighted by Gasteiger charge is -2.31. The first-order valence-corrected chi connectivity index (χ1v) is 7.96. The number of carbonyl (C=O) groups is 4. The number of nitrogens with zero attached hydrogens (tertiary/aromatic N) is 1. The molecule has 1 rings (SSSR count). The maximum absolute atomic E-state index is 12.4. The van der Waals surface area contributed by atoms with Gasteiger partial charge in [-0.2, -0.15) is 0 Å². The van der Waals surface area contributed by atoms with Crippen LogP contribution in [0, 0.1) is 0 Å². The van der Waals surface area contributed by atoms with Crippen molar-refractivity contribution in [2.24, 2.45) is 0 Å². The molecule has 25 heavy (non-hydrogen) atoms. The summed E-state index contributed by atoms with van der Waals surface area (Å²) in [5, 5.41) is 4.93. The zero-order valence-electron chi connectivity index (χ0n) is 14.6. The van der Waals surface area contributed by atoms with Crippen LogP contribution in [0.3, 0.4) is 0 Å². The zero-order chi connectivity index (χ0) is 18.8. The molecule has 1 aromatic carbocycles. The number of rotatable bonds is 8. The normalized spacial score (nSPS) is 12.9. The Bertz CT molecular complexity index is 643. The lowest BCUT2D eigenvalue weighted by atomic mass is 10.1. The van der Waals surface area contributed by atoms with E-state index in [0.717, 1.165) is 10.5 Å². The largest absolute Gasteiger partial charge is 0.355 e. The van der Waals surface area contributed by atoms with Crippen molar-refractivity contribution in [2.45, 2.75) is 25.9 Å². The highest BCUT2D eigenvalue weighted by Gasteiger charge is 2.34. The minimum absolute atomic E-state index is 0.364. The summed E-state index contributed by atoms with van der Waals surface area (Å²) < 4.78 is 0. The molecule has 0 spiro atoms. The Kier molecular flexibility index (Phi) is 8.05. The van der Waals surface area contributed by atoms with Gasteiger partial charge in [0, 0.05) is 13.6 Å². The number of hydrogen-bond acceptors (Lipinski definition) is 4. The van der Waals surface area contributed by atoms with E-state index < -0.39 is 29.8 Å². The van der Waals surface area contributed by atoms with Gasteiger partial charge in [-0.3, -0.25) is 14.5 Å². The third-order valence-electron chi connectivity index (χ3n) is 3.56. The maximum Gasteiger partial charge on any atom is 0.318 e. The fourth-order valence-corrected chi connectivity index (χ4v) is 2.23. The highest BCUT2D eigenvalue weighted by molar-refractivity contribution is 6.09. The minimum Gasteiger partial charge on any atom is -0.355 e. The van der Waals surface area contributed by atoms with Crippen LogP contribution in [0.25, 0.3) is 6.08 Å². The van der Waals surface area contributed by atoms with Crippen molar-refractivity contribution in [1.29, 1.82) is 0 Å². The number of carbonyl (C=O) groups excluding carboxylic acids is 4. The first-order chi connectivity index (χ1) is 12.0. The van der Waals surface area contributed by atoms with Gasteiger partial charge in [-0.1, -0.05) is 36.4 Å². The van der Waals surface area contributed by atoms with Crippen LogP contribution in [0.15, 0.2) is 36.4 Å². The van der Waals surface area contributed by atoms with Crippen LogP contribution >= 0.6 is 0 Å². The second-order valence-corrected chi connectivity index (χ2v) is 5.26. The monoisotopic (exact) mass is 345 g/mol. The summed E-state index contributed by atoms with van der Waals surface area (Å²) in [5.41, 5.74) is 0.781. The second kappa shape index (κ2) is 10.0. The summed E-state index contributed by atoms with van der Waals surface area (Å²) in [6.45, 7) is 3.57. The first-order valence-electron chi connectivity index (χ1n) is 7.96. The number of aldehydes is 1. The Hall–Kier alpha value is -2.96. The highest BCUT2D eigenvalue weighted by Crippen LogP contribution is 2.09. The fraction of sp³-hybridized carbons (Fsp3) is 0.333. The van der Waals surface area contributed by atoms with Crippen LogP contribution in [0.5, 0.6) is 0 Å². The molecule has 0 fully saturated rings. The molecule has 0 heterocycles. The summed E-state index contributed by atoms with van der Waals surface area (Å²) in [5.74, 6) is -1.03. The number of amides is 3. The highest BCUT2D eigenvalue weighted by atomic mass is 16.2. The molecule has 0 aliphatic rings. The molecule has 134 valence electrons. The molecule has 2 atom stereocenters. The van der Waals surface area contributed by atoms with E-state index >= 15 is 0 Å². The molecule has 2 unspecified atom stereocenters. The molecule has 2 N–H and O–H groups in total. The number of ketones is 1. The van der Waals surface area contributed by atoms with E-state index in [1.807, 2.05) is 18.2 Å². The van der Waals surface area contributed by atoms with Crippen LogP contribution in [-0.4, -0.2) is 54.6 Å². The minimum atomic E-state index is -1.39. The fourth-order valence-electron chi connectivity index (χ4n) is 2.23. The smallest absolute Gasteiger partial charge is 0.318 e. The lowest BCUT2D eigenvalue weighted by Crippen LogP contribution is -2.57. The van der Waals surface area contributed by atoms with E-state index in [2.05, 4.69) is 10.6 Å². The summed E-state index contributed by atoms with van der Waals surface area (Å²) in [4.78, 5) is 49.0. The van der Waals surface area contributed by atoms with Crippen LogP contribution in [0.4, 0.5) is 4.79 Å².